The molecule has 1 fully saturated rings. The molecule has 0 radical (unpaired) electrons. The number of benzene rings is 1. The number of para-hydroxylation sites is 1. The summed E-state index contributed by atoms with van der Waals surface area (Å²) in [5, 5.41) is 10.2. The van der Waals surface area contributed by atoms with Gasteiger partial charge in [-0.25, -0.2) is 0 Å². The molecule has 14 heavy (non-hydrogen) atoms. The molecule has 0 amide bonds. The second-order valence-electron chi connectivity index (χ2n) is 3.10. The molecule has 0 bridgehead atoms. The van der Waals surface area contributed by atoms with Crippen LogP contribution < -0.4 is 0 Å². The standard InChI is InChI=1S/C10H11ClOS2/c11-8-4-1-3-7(9(8)12)10-13-5-2-6-14-10/h1,3-4,10,12H,2,5-6H2. The van der Waals surface area contributed by atoms with Crippen molar-refractivity contribution in [2.75, 3.05) is 11.5 Å². The molecule has 2 rings (SSSR count). The molecule has 0 spiro atoms. The van der Waals surface area contributed by atoms with Gasteiger partial charge in [-0.2, -0.15) is 0 Å². The monoisotopic (exact) mass is 246 g/mol. The molecule has 1 saturated heterocycles. The van der Waals surface area contributed by atoms with Crippen LogP contribution in [0.25, 0.3) is 0 Å². The maximum atomic E-state index is 9.79. The van der Waals surface area contributed by atoms with Crippen LogP contribution >= 0.6 is 35.1 Å². The number of rotatable bonds is 1. The Bertz CT molecular complexity index is 324. The zero-order chi connectivity index (χ0) is 9.97. The van der Waals surface area contributed by atoms with Crippen LogP contribution in [-0.4, -0.2) is 16.6 Å². The number of halogens is 1. The summed E-state index contributed by atoms with van der Waals surface area (Å²) < 4.78 is 0.349. The summed E-state index contributed by atoms with van der Waals surface area (Å²) >= 11 is 9.63. The van der Waals surface area contributed by atoms with Crippen molar-refractivity contribution in [3.8, 4) is 5.75 Å². The lowest BCUT2D eigenvalue weighted by Gasteiger charge is -2.22. The summed E-state index contributed by atoms with van der Waals surface area (Å²) in [5.41, 5.74) is 0.965. The fourth-order valence-corrected chi connectivity index (χ4v) is 4.51. The van der Waals surface area contributed by atoms with E-state index in [-0.39, 0.29) is 5.75 Å². The molecule has 1 heterocycles. The first-order chi connectivity index (χ1) is 6.79. The molecule has 0 saturated carbocycles. The van der Waals surface area contributed by atoms with E-state index in [1.165, 1.54) is 17.9 Å². The van der Waals surface area contributed by atoms with Crippen LogP contribution in [-0.2, 0) is 0 Å². The minimum atomic E-state index is 0.251. The lowest BCUT2D eigenvalue weighted by molar-refractivity contribution is 0.470. The molecule has 0 aliphatic carbocycles. The number of hydrogen-bond acceptors (Lipinski definition) is 3. The highest BCUT2D eigenvalue weighted by atomic mass is 35.5. The molecule has 0 unspecified atom stereocenters. The molecule has 0 aromatic heterocycles. The second kappa shape index (κ2) is 4.69. The van der Waals surface area contributed by atoms with Crippen LogP contribution in [0.2, 0.25) is 5.02 Å². The van der Waals surface area contributed by atoms with Gasteiger partial charge >= 0.3 is 0 Å². The highest BCUT2D eigenvalue weighted by Gasteiger charge is 2.20. The van der Waals surface area contributed by atoms with E-state index in [0.29, 0.717) is 9.60 Å². The van der Waals surface area contributed by atoms with Crippen molar-refractivity contribution in [3.05, 3.63) is 28.8 Å². The summed E-state index contributed by atoms with van der Waals surface area (Å²) in [5.74, 6) is 2.59. The van der Waals surface area contributed by atoms with Gasteiger partial charge in [0.2, 0.25) is 0 Å². The average Bonchev–Trinajstić information content (AvgIpc) is 2.23. The number of hydrogen-bond donors (Lipinski definition) is 1. The predicted molar refractivity (Wildman–Crippen MR) is 65.4 cm³/mol. The zero-order valence-corrected chi connectivity index (χ0v) is 9.96. The van der Waals surface area contributed by atoms with Gasteiger partial charge in [-0.3, -0.25) is 0 Å². The third-order valence-corrected chi connectivity index (χ3v) is 5.38. The van der Waals surface area contributed by atoms with Crippen molar-refractivity contribution >= 4 is 35.1 Å². The van der Waals surface area contributed by atoms with E-state index in [0.717, 1.165) is 5.56 Å². The van der Waals surface area contributed by atoms with Gasteiger partial charge in [0.15, 0.2) is 0 Å². The number of aromatic hydroxyl groups is 1. The smallest absolute Gasteiger partial charge is 0.139 e. The van der Waals surface area contributed by atoms with Crippen LogP contribution in [0, 0.1) is 0 Å². The van der Waals surface area contributed by atoms with Crippen molar-refractivity contribution in [1.29, 1.82) is 0 Å². The van der Waals surface area contributed by atoms with E-state index in [1.54, 1.807) is 6.07 Å². The van der Waals surface area contributed by atoms with Gasteiger partial charge < -0.3 is 5.11 Å². The maximum absolute atomic E-state index is 9.79. The van der Waals surface area contributed by atoms with Crippen LogP contribution in [0.4, 0.5) is 0 Å². The van der Waals surface area contributed by atoms with Crippen molar-refractivity contribution in [2.45, 2.75) is 11.0 Å². The zero-order valence-electron chi connectivity index (χ0n) is 7.57. The molecule has 1 aromatic rings. The molecular weight excluding hydrogens is 236 g/mol. The fraction of sp³-hybridized carbons (Fsp3) is 0.400. The molecular formula is C10H11ClOS2. The lowest BCUT2D eigenvalue weighted by Crippen LogP contribution is -2.00. The first-order valence-corrected chi connectivity index (χ1v) is 6.97. The van der Waals surface area contributed by atoms with Crippen LogP contribution in [0.3, 0.4) is 0 Å². The van der Waals surface area contributed by atoms with Gasteiger partial charge in [-0.15, -0.1) is 23.5 Å². The Kier molecular flexibility index (Phi) is 3.52. The Morgan fingerprint density at radius 2 is 2.00 bits per heavy atom. The Labute approximate surface area is 97.2 Å². The summed E-state index contributed by atoms with van der Waals surface area (Å²) in [6.45, 7) is 0. The molecule has 0 atom stereocenters. The fourth-order valence-electron chi connectivity index (χ4n) is 1.39. The summed E-state index contributed by atoms with van der Waals surface area (Å²) in [4.78, 5) is 0. The van der Waals surface area contributed by atoms with Gasteiger partial charge in [-0.1, -0.05) is 23.7 Å². The molecule has 1 N–H and O–H groups in total. The Balaban J connectivity index is 2.26. The molecule has 1 aliphatic heterocycles. The topological polar surface area (TPSA) is 20.2 Å². The van der Waals surface area contributed by atoms with Crippen LogP contribution in [0.1, 0.15) is 16.6 Å². The van der Waals surface area contributed by atoms with E-state index < -0.39 is 0 Å². The maximum Gasteiger partial charge on any atom is 0.139 e. The van der Waals surface area contributed by atoms with Gasteiger partial charge in [0.25, 0.3) is 0 Å². The third kappa shape index (κ3) is 2.15. The molecule has 1 nitrogen and oxygen atoms in total. The summed E-state index contributed by atoms with van der Waals surface area (Å²) in [6, 6.07) is 5.57. The van der Waals surface area contributed by atoms with Gasteiger partial charge in [-0.05, 0) is 24.0 Å². The van der Waals surface area contributed by atoms with Crippen molar-refractivity contribution in [2.24, 2.45) is 0 Å². The first kappa shape index (κ1) is 10.5. The summed E-state index contributed by atoms with van der Waals surface area (Å²) in [7, 11) is 0. The minimum Gasteiger partial charge on any atom is -0.506 e. The van der Waals surface area contributed by atoms with E-state index in [2.05, 4.69) is 0 Å². The SMILES string of the molecule is Oc1c(Cl)cccc1C1SCCCS1. The Morgan fingerprint density at radius 3 is 2.71 bits per heavy atom. The van der Waals surface area contributed by atoms with Crippen molar-refractivity contribution < 1.29 is 5.11 Å². The molecule has 1 aromatic carbocycles. The Hall–Kier alpha value is 0.01000. The largest absolute Gasteiger partial charge is 0.506 e. The molecule has 4 heteroatoms. The highest BCUT2D eigenvalue weighted by molar-refractivity contribution is 8.16. The van der Waals surface area contributed by atoms with E-state index in [1.807, 2.05) is 35.7 Å². The lowest BCUT2D eigenvalue weighted by atomic mass is 10.2. The second-order valence-corrected chi connectivity index (χ2v) is 6.24. The first-order valence-electron chi connectivity index (χ1n) is 4.49. The molecule has 1 aliphatic rings. The highest BCUT2D eigenvalue weighted by Crippen LogP contribution is 2.47. The quantitative estimate of drug-likeness (QED) is 0.811. The van der Waals surface area contributed by atoms with Crippen LogP contribution in [0.5, 0.6) is 5.75 Å². The Morgan fingerprint density at radius 1 is 1.29 bits per heavy atom. The summed E-state index contributed by atoms with van der Waals surface area (Å²) in [6.07, 6.45) is 1.26. The number of phenolic OH excluding ortho intramolecular Hbond substituents is 1. The van der Waals surface area contributed by atoms with Gasteiger partial charge in [0.05, 0.1) is 9.60 Å². The van der Waals surface area contributed by atoms with E-state index in [4.69, 9.17) is 11.6 Å². The predicted octanol–water partition coefficient (Wildman–Crippen LogP) is 3.91. The van der Waals surface area contributed by atoms with E-state index >= 15 is 0 Å². The normalized spacial score (nSPS) is 18.4. The van der Waals surface area contributed by atoms with Crippen LogP contribution in [0.15, 0.2) is 18.2 Å². The third-order valence-electron chi connectivity index (χ3n) is 2.10. The average molecular weight is 247 g/mol. The molecule has 76 valence electrons. The van der Waals surface area contributed by atoms with Crippen molar-refractivity contribution in [1.82, 2.24) is 0 Å². The number of thioether (sulfide) groups is 2. The van der Waals surface area contributed by atoms with Gasteiger partial charge in [0.1, 0.15) is 5.75 Å². The van der Waals surface area contributed by atoms with Crippen molar-refractivity contribution in [3.63, 3.8) is 0 Å². The van der Waals surface area contributed by atoms with Gasteiger partial charge in [0, 0.05) is 5.56 Å². The number of phenols is 1. The minimum absolute atomic E-state index is 0.251. The van der Waals surface area contributed by atoms with E-state index in [9.17, 15) is 5.11 Å².